The third-order valence-electron chi connectivity index (χ3n) is 5.06. The Hall–Kier alpha value is -3.14. The third kappa shape index (κ3) is 4.85. The number of rotatable bonds is 4. The highest BCUT2D eigenvalue weighted by molar-refractivity contribution is 6.31. The summed E-state index contributed by atoms with van der Waals surface area (Å²) in [5, 5.41) is 3.67. The van der Waals surface area contributed by atoms with Gasteiger partial charge in [0.05, 0.1) is 10.5 Å². The average molecular weight is 469 g/mol. The second-order valence-electron chi connectivity index (χ2n) is 7.26. The molecule has 0 atom stereocenters. The van der Waals surface area contributed by atoms with Gasteiger partial charge in [0.15, 0.2) is 0 Å². The Bertz CT molecular complexity index is 1150. The number of hydrogen-bond donors (Lipinski definition) is 1. The summed E-state index contributed by atoms with van der Waals surface area (Å²) in [5.41, 5.74) is 1.16. The monoisotopic (exact) mass is 468 g/mol. The van der Waals surface area contributed by atoms with Crippen LogP contribution < -0.4 is 10.1 Å². The van der Waals surface area contributed by atoms with Gasteiger partial charge in [-0.25, -0.2) is 14.4 Å². The summed E-state index contributed by atoms with van der Waals surface area (Å²) in [5.74, 6) is -1.42. The van der Waals surface area contributed by atoms with E-state index >= 15 is 0 Å². The van der Waals surface area contributed by atoms with Crippen LogP contribution in [0, 0.1) is 5.82 Å². The van der Waals surface area contributed by atoms with Gasteiger partial charge in [0.25, 0.3) is 0 Å². The van der Waals surface area contributed by atoms with E-state index in [1.54, 1.807) is 18.2 Å². The van der Waals surface area contributed by atoms with Crippen LogP contribution in [0.15, 0.2) is 42.7 Å². The van der Waals surface area contributed by atoms with Crippen molar-refractivity contribution in [1.82, 2.24) is 14.9 Å². The molecule has 1 saturated heterocycles. The lowest BCUT2D eigenvalue weighted by molar-refractivity contribution is -0.187. The standard InChI is InChI=1S/C21H17ClF4N4O2/c22-16-9-12(1-3-17(16)23)29-19-15-10-14(2-4-18(15)27-11-28-19)32-13-5-7-30(8-6-13)20(31)21(24,25)26/h1-4,9-11,13H,5-8H2,(H,27,28,29). The highest BCUT2D eigenvalue weighted by Crippen LogP contribution is 2.30. The highest BCUT2D eigenvalue weighted by atomic mass is 35.5. The summed E-state index contributed by atoms with van der Waals surface area (Å²) in [6.45, 7) is -0.0599. The predicted molar refractivity (Wildman–Crippen MR) is 111 cm³/mol. The number of piperidine rings is 1. The number of nitrogens with zero attached hydrogens (tertiary/aromatic N) is 3. The molecule has 1 aromatic heterocycles. The molecular formula is C21H17ClF4N4O2. The summed E-state index contributed by atoms with van der Waals surface area (Å²) in [4.78, 5) is 20.6. The maximum atomic E-state index is 13.4. The maximum absolute atomic E-state index is 13.4. The van der Waals surface area contributed by atoms with Crippen molar-refractivity contribution in [3.63, 3.8) is 0 Å². The number of carbonyl (C=O) groups is 1. The van der Waals surface area contributed by atoms with Crippen LogP contribution in [0.4, 0.5) is 29.1 Å². The van der Waals surface area contributed by atoms with Crippen LogP contribution in [0.3, 0.4) is 0 Å². The molecule has 168 valence electrons. The van der Waals surface area contributed by atoms with Gasteiger partial charge in [0, 0.05) is 37.0 Å². The van der Waals surface area contributed by atoms with Crippen LogP contribution >= 0.6 is 11.6 Å². The number of hydrogen-bond acceptors (Lipinski definition) is 5. The smallest absolute Gasteiger partial charge is 0.471 e. The van der Waals surface area contributed by atoms with Gasteiger partial charge < -0.3 is 15.0 Å². The molecule has 0 radical (unpaired) electrons. The van der Waals surface area contributed by atoms with E-state index in [1.807, 2.05) is 0 Å². The number of anilines is 2. The number of ether oxygens (including phenoxy) is 1. The summed E-state index contributed by atoms with van der Waals surface area (Å²) in [6, 6.07) is 9.35. The summed E-state index contributed by atoms with van der Waals surface area (Å²) < 4.78 is 57.1. The Kier molecular flexibility index (Phi) is 6.05. The first-order chi connectivity index (χ1) is 15.2. The second-order valence-corrected chi connectivity index (χ2v) is 7.67. The number of benzene rings is 2. The minimum absolute atomic E-state index is 0.0299. The van der Waals surface area contributed by atoms with E-state index in [-0.39, 0.29) is 37.1 Å². The lowest BCUT2D eigenvalue weighted by Crippen LogP contribution is -2.47. The van der Waals surface area contributed by atoms with Crippen LogP contribution in [0.2, 0.25) is 5.02 Å². The zero-order chi connectivity index (χ0) is 22.9. The number of aromatic nitrogens is 2. The molecule has 1 aliphatic rings. The van der Waals surface area contributed by atoms with Gasteiger partial charge in [-0.2, -0.15) is 13.2 Å². The maximum Gasteiger partial charge on any atom is 0.471 e. The fourth-order valence-electron chi connectivity index (χ4n) is 3.47. The third-order valence-corrected chi connectivity index (χ3v) is 5.35. The van der Waals surface area contributed by atoms with Gasteiger partial charge in [0.2, 0.25) is 0 Å². The number of likely N-dealkylation sites (tertiary alicyclic amines) is 1. The number of alkyl halides is 3. The molecule has 6 nitrogen and oxygen atoms in total. The molecule has 1 N–H and O–H groups in total. The Labute approximate surface area is 185 Å². The molecule has 1 fully saturated rings. The van der Waals surface area contributed by atoms with Crippen molar-refractivity contribution in [2.24, 2.45) is 0 Å². The Balaban J connectivity index is 1.48. The highest BCUT2D eigenvalue weighted by Gasteiger charge is 2.43. The van der Waals surface area contributed by atoms with Gasteiger partial charge in [-0.15, -0.1) is 0 Å². The quantitative estimate of drug-likeness (QED) is 0.540. The molecule has 32 heavy (non-hydrogen) atoms. The Morgan fingerprint density at radius 1 is 1.12 bits per heavy atom. The number of amides is 1. The van der Waals surface area contributed by atoms with E-state index in [2.05, 4.69) is 15.3 Å². The van der Waals surface area contributed by atoms with Crippen LogP contribution in [0.5, 0.6) is 5.75 Å². The van der Waals surface area contributed by atoms with E-state index in [1.165, 1.54) is 24.5 Å². The van der Waals surface area contributed by atoms with Crippen molar-refractivity contribution in [1.29, 1.82) is 0 Å². The molecule has 0 aliphatic carbocycles. The fourth-order valence-corrected chi connectivity index (χ4v) is 3.65. The predicted octanol–water partition coefficient (Wildman–Crippen LogP) is 5.10. The first kappa shape index (κ1) is 22.1. The molecule has 3 aromatic rings. The first-order valence-electron chi connectivity index (χ1n) is 9.70. The second kappa shape index (κ2) is 8.78. The zero-order valence-electron chi connectivity index (χ0n) is 16.5. The van der Waals surface area contributed by atoms with E-state index in [0.29, 0.717) is 28.2 Å². The van der Waals surface area contributed by atoms with E-state index in [4.69, 9.17) is 16.3 Å². The molecule has 2 heterocycles. The molecule has 11 heteroatoms. The van der Waals surface area contributed by atoms with Gasteiger partial charge >= 0.3 is 12.1 Å². The lowest BCUT2D eigenvalue weighted by Gasteiger charge is -2.32. The molecule has 4 rings (SSSR count). The topological polar surface area (TPSA) is 67.4 Å². The minimum Gasteiger partial charge on any atom is -0.490 e. The van der Waals surface area contributed by atoms with Crippen LogP contribution in [0.1, 0.15) is 12.8 Å². The fraction of sp³-hybridized carbons (Fsp3) is 0.286. The molecule has 1 aliphatic heterocycles. The molecule has 0 unspecified atom stereocenters. The van der Waals surface area contributed by atoms with Gasteiger partial charge in [-0.3, -0.25) is 4.79 Å². The van der Waals surface area contributed by atoms with Crippen molar-refractivity contribution in [3.8, 4) is 5.75 Å². The number of carbonyl (C=O) groups excluding carboxylic acids is 1. The molecule has 0 saturated carbocycles. The van der Waals surface area contributed by atoms with Crippen LogP contribution in [0.25, 0.3) is 10.9 Å². The van der Waals surface area contributed by atoms with Crippen molar-refractivity contribution in [2.75, 3.05) is 18.4 Å². The number of fused-ring (bicyclic) bond motifs is 1. The van der Waals surface area contributed by atoms with Crippen molar-refractivity contribution < 1.29 is 27.1 Å². The molecule has 2 aromatic carbocycles. The molecule has 0 spiro atoms. The van der Waals surface area contributed by atoms with E-state index < -0.39 is 17.9 Å². The number of halogens is 5. The number of nitrogens with one attached hydrogen (secondary N) is 1. The van der Waals surface area contributed by atoms with Crippen LogP contribution in [-0.4, -0.2) is 46.1 Å². The largest absolute Gasteiger partial charge is 0.490 e. The van der Waals surface area contributed by atoms with Crippen molar-refractivity contribution in [3.05, 3.63) is 53.6 Å². The van der Waals surface area contributed by atoms with Crippen molar-refractivity contribution in [2.45, 2.75) is 25.1 Å². The molecule has 1 amide bonds. The normalized spacial score (nSPS) is 15.1. The summed E-state index contributed by atoms with van der Waals surface area (Å²) >= 11 is 5.83. The molecule has 0 bridgehead atoms. The average Bonchev–Trinajstić information content (AvgIpc) is 2.76. The minimum atomic E-state index is -4.87. The lowest BCUT2D eigenvalue weighted by atomic mass is 10.1. The van der Waals surface area contributed by atoms with E-state index in [0.717, 1.165) is 4.90 Å². The first-order valence-corrected chi connectivity index (χ1v) is 10.1. The van der Waals surface area contributed by atoms with Crippen LogP contribution in [-0.2, 0) is 4.79 Å². The summed E-state index contributed by atoms with van der Waals surface area (Å²) in [7, 11) is 0. The SMILES string of the molecule is O=C(N1CCC(Oc2ccc3ncnc(Nc4ccc(F)c(Cl)c4)c3c2)CC1)C(F)(F)F. The summed E-state index contributed by atoms with van der Waals surface area (Å²) in [6.07, 6.45) is -3.26. The van der Waals surface area contributed by atoms with Crippen molar-refractivity contribution >= 4 is 39.9 Å². The zero-order valence-corrected chi connectivity index (χ0v) is 17.3. The van der Waals surface area contributed by atoms with Gasteiger partial charge in [-0.1, -0.05) is 11.6 Å². The van der Waals surface area contributed by atoms with Gasteiger partial charge in [-0.05, 0) is 36.4 Å². The Morgan fingerprint density at radius 3 is 2.56 bits per heavy atom. The Morgan fingerprint density at radius 2 is 1.88 bits per heavy atom. The molecular weight excluding hydrogens is 452 g/mol. The van der Waals surface area contributed by atoms with E-state index in [9.17, 15) is 22.4 Å². The van der Waals surface area contributed by atoms with Gasteiger partial charge in [0.1, 0.15) is 29.8 Å².